The first-order chi connectivity index (χ1) is 8.72. The Hall–Kier alpha value is -1.91. The number of hydrogen-bond acceptors (Lipinski definition) is 3. The maximum atomic E-state index is 13.8. The zero-order valence-corrected chi connectivity index (χ0v) is 9.83. The molecule has 1 fully saturated rings. The molecular weight excluding hydrogens is 235 g/mol. The molecule has 4 nitrogen and oxygen atoms in total. The van der Waals surface area contributed by atoms with E-state index in [1.807, 2.05) is 0 Å². The highest BCUT2D eigenvalue weighted by atomic mass is 19.1. The molecule has 1 aromatic carbocycles. The summed E-state index contributed by atoms with van der Waals surface area (Å²) in [6.07, 6.45) is 4.09. The van der Waals surface area contributed by atoms with Crippen molar-refractivity contribution in [1.29, 1.82) is 0 Å². The van der Waals surface area contributed by atoms with Gasteiger partial charge in [-0.1, -0.05) is 0 Å². The monoisotopic (exact) mass is 248 g/mol. The lowest BCUT2D eigenvalue weighted by Gasteiger charge is -2.18. The standard InChI is InChI=1S/C13H13FN2O2/c14-9-5-12-11(16-13(17)7-18-12)6-10(9)15-8-3-1-2-4-8/h5-6H,1-4,7H2,(H,16,17). The number of benzene rings is 1. The minimum Gasteiger partial charge on any atom is -0.481 e. The Morgan fingerprint density at radius 3 is 2.83 bits per heavy atom. The maximum Gasteiger partial charge on any atom is 0.262 e. The Bertz CT molecular complexity index is 532. The van der Waals surface area contributed by atoms with Crippen LogP contribution in [0.5, 0.6) is 5.75 Å². The molecule has 0 saturated heterocycles. The van der Waals surface area contributed by atoms with Gasteiger partial charge < -0.3 is 10.1 Å². The molecule has 1 aliphatic carbocycles. The minimum atomic E-state index is -0.413. The third-order valence-electron chi connectivity index (χ3n) is 3.14. The number of halogens is 1. The topological polar surface area (TPSA) is 50.7 Å². The van der Waals surface area contributed by atoms with Crippen LogP contribution in [0.25, 0.3) is 0 Å². The van der Waals surface area contributed by atoms with Crippen LogP contribution in [0.15, 0.2) is 17.1 Å². The molecule has 1 N–H and O–H groups in total. The van der Waals surface area contributed by atoms with Crippen LogP contribution < -0.4 is 10.1 Å². The van der Waals surface area contributed by atoms with Gasteiger partial charge in [0.25, 0.3) is 5.91 Å². The zero-order valence-electron chi connectivity index (χ0n) is 9.83. The smallest absolute Gasteiger partial charge is 0.262 e. The lowest BCUT2D eigenvalue weighted by molar-refractivity contribution is -0.118. The summed E-state index contributed by atoms with van der Waals surface area (Å²) in [5.74, 6) is -0.277. The van der Waals surface area contributed by atoms with Crippen molar-refractivity contribution in [3.05, 3.63) is 17.9 Å². The predicted octanol–water partition coefficient (Wildman–Crippen LogP) is 2.80. The molecule has 0 spiro atoms. The average Bonchev–Trinajstić information content (AvgIpc) is 2.83. The van der Waals surface area contributed by atoms with E-state index in [4.69, 9.17) is 4.74 Å². The first-order valence-corrected chi connectivity index (χ1v) is 6.05. The van der Waals surface area contributed by atoms with Gasteiger partial charge in [-0.3, -0.25) is 9.79 Å². The fraction of sp³-hybridized carbons (Fsp3) is 0.385. The number of nitrogens with one attached hydrogen (secondary N) is 1. The second kappa shape index (κ2) is 4.40. The number of amides is 1. The molecule has 1 saturated carbocycles. The SMILES string of the molecule is O=C1COc2cc(F)c(N=C3CCCC3)cc2N1. The first-order valence-electron chi connectivity index (χ1n) is 6.05. The Morgan fingerprint density at radius 2 is 2.06 bits per heavy atom. The molecular formula is C13H13FN2O2. The van der Waals surface area contributed by atoms with Crippen LogP contribution in [-0.2, 0) is 4.79 Å². The molecule has 0 unspecified atom stereocenters. The van der Waals surface area contributed by atoms with Gasteiger partial charge in [0.2, 0.25) is 0 Å². The number of anilines is 1. The van der Waals surface area contributed by atoms with Crippen molar-refractivity contribution in [2.75, 3.05) is 11.9 Å². The Kier molecular flexibility index (Phi) is 2.74. The van der Waals surface area contributed by atoms with Crippen LogP contribution in [0.4, 0.5) is 15.8 Å². The summed E-state index contributed by atoms with van der Waals surface area (Å²) < 4.78 is 19.0. The highest BCUT2D eigenvalue weighted by Gasteiger charge is 2.19. The van der Waals surface area contributed by atoms with E-state index < -0.39 is 5.82 Å². The molecule has 3 rings (SSSR count). The normalized spacial score (nSPS) is 18.1. The third kappa shape index (κ3) is 2.08. The molecule has 0 radical (unpaired) electrons. The van der Waals surface area contributed by atoms with Gasteiger partial charge in [0.1, 0.15) is 11.4 Å². The first kappa shape index (κ1) is 11.2. The molecule has 1 amide bonds. The number of hydrogen-bond donors (Lipinski definition) is 1. The van der Waals surface area contributed by atoms with Crippen molar-refractivity contribution in [3.63, 3.8) is 0 Å². The van der Waals surface area contributed by atoms with Crippen LogP contribution in [0.3, 0.4) is 0 Å². The van der Waals surface area contributed by atoms with Crippen LogP contribution in [0.2, 0.25) is 0 Å². The highest BCUT2D eigenvalue weighted by molar-refractivity contribution is 5.96. The van der Waals surface area contributed by atoms with Crippen LogP contribution >= 0.6 is 0 Å². The van der Waals surface area contributed by atoms with Crippen LogP contribution in [-0.4, -0.2) is 18.2 Å². The molecule has 5 heteroatoms. The summed E-state index contributed by atoms with van der Waals surface area (Å²) >= 11 is 0. The number of aliphatic imine (C=N–C) groups is 1. The lowest BCUT2D eigenvalue weighted by Crippen LogP contribution is -2.25. The fourth-order valence-electron chi connectivity index (χ4n) is 2.24. The zero-order chi connectivity index (χ0) is 12.5. The number of rotatable bonds is 1. The quantitative estimate of drug-likeness (QED) is 0.830. The molecule has 1 heterocycles. The number of ether oxygens (including phenoxy) is 1. The maximum absolute atomic E-state index is 13.8. The van der Waals surface area contributed by atoms with E-state index in [1.165, 1.54) is 12.1 Å². The van der Waals surface area contributed by atoms with E-state index in [0.29, 0.717) is 11.4 Å². The van der Waals surface area contributed by atoms with Gasteiger partial charge in [-0.25, -0.2) is 4.39 Å². The van der Waals surface area contributed by atoms with Crippen LogP contribution in [0.1, 0.15) is 25.7 Å². The fourth-order valence-corrected chi connectivity index (χ4v) is 2.24. The van der Waals surface area contributed by atoms with Crippen molar-refractivity contribution in [1.82, 2.24) is 0 Å². The molecule has 1 aromatic rings. The second-order valence-corrected chi connectivity index (χ2v) is 4.52. The lowest BCUT2D eigenvalue weighted by atomic mass is 10.2. The van der Waals surface area contributed by atoms with Gasteiger partial charge in [-0.05, 0) is 31.7 Å². The van der Waals surface area contributed by atoms with E-state index in [9.17, 15) is 9.18 Å². The van der Waals surface area contributed by atoms with E-state index in [-0.39, 0.29) is 18.2 Å². The molecule has 0 bridgehead atoms. The van der Waals surface area contributed by atoms with Gasteiger partial charge in [0.15, 0.2) is 12.4 Å². The summed E-state index contributed by atoms with van der Waals surface area (Å²) in [5.41, 5.74) is 1.79. The van der Waals surface area contributed by atoms with Crippen molar-refractivity contribution >= 4 is 23.0 Å². The van der Waals surface area contributed by atoms with E-state index >= 15 is 0 Å². The van der Waals surface area contributed by atoms with E-state index in [2.05, 4.69) is 10.3 Å². The molecule has 94 valence electrons. The molecule has 1 aliphatic heterocycles. The Labute approximate surface area is 104 Å². The van der Waals surface area contributed by atoms with Crippen molar-refractivity contribution < 1.29 is 13.9 Å². The van der Waals surface area contributed by atoms with Crippen molar-refractivity contribution in [2.24, 2.45) is 4.99 Å². The molecule has 0 aromatic heterocycles. The summed E-state index contributed by atoms with van der Waals surface area (Å²) in [4.78, 5) is 15.5. The van der Waals surface area contributed by atoms with Gasteiger partial charge in [0, 0.05) is 11.8 Å². The summed E-state index contributed by atoms with van der Waals surface area (Å²) in [5, 5.41) is 2.65. The Balaban J connectivity index is 1.97. The third-order valence-corrected chi connectivity index (χ3v) is 3.14. The highest BCUT2D eigenvalue weighted by Crippen LogP contribution is 2.35. The van der Waals surface area contributed by atoms with Crippen molar-refractivity contribution in [2.45, 2.75) is 25.7 Å². The summed E-state index contributed by atoms with van der Waals surface area (Å²) in [6.45, 7) is -0.0691. The molecule has 0 atom stereocenters. The minimum absolute atomic E-state index is 0.0691. The molecule has 18 heavy (non-hydrogen) atoms. The molecule has 2 aliphatic rings. The number of nitrogens with zero attached hydrogens (tertiary/aromatic N) is 1. The van der Waals surface area contributed by atoms with Crippen molar-refractivity contribution in [3.8, 4) is 5.75 Å². The predicted molar refractivity (Wildman–Crippen MR) is 66.1 cm³/mol. The summed E-state index contributed by atoms with van der Waals surface area (Å²) in [6, 6.07) is 2.82. The van der Waals surface area contributed by atoms with E-state index in [0.717, 1.165) is 31.4 Å². The number of carbonyl (C=O) groups is 1. The summed E-state index contributed by atoms with van der Waals surface area (Å²) in [7, 11) is 0. The second-order valence-electron chi connectivity index (χ2n) is 4.52. The number of fused-ring (bicyclic) bond motifs is 1. The average molecular weight is 248 g/mol. The largest absolute Gasteiger partial charge is 0.481 e. The van der Waals surface area contributed by atoms with Gasteiger partial charge in [-0.15, -0.1) is 0 Å². The van der Waals surface area contributed by atoms with Gasteiger partial charge >= 0.3 is 0 Å². The van der Waals surface area contributed by atoms with Gasteiger partial charge in [0.05, 0.1) is 5.69 Å². The number of carbonyl (C=O) groups excluding carboxylic acids is 1. The van der Waals surface area contributed by atoms with Crippen LogP contribution in [0, 0.1) is 5.82 Å². The Morgan fingerprint density at radius 1 is 1.28 bits per heavy atom. The van der Waals surface area contributed by atoms with E-state index in [1.54, 1.807) is 0 Å². The van der Waals surface area contributed by atoms with Gasteiger partial charge in [-0.2, -0.15) is 0 Å².